The van der Waals surface area contributed by atoms with Crippen LogP contribution >= 0.6 is 11.8 Å². The summed E-state index contributed by atoms with van der Waals surface area (Å²) < 4.78 is 0. The van der Waals surface area contributed by atoms with E-state index in [9.17, 15) is 0 Å². The minimum Gasteiger partial charge on any atom is -0.294 e. The van der Waals surface area contributed by atoms with Gasteiger partial charge in [0.05, 0.1) is 0 Å². The Labute approximate surface area is 131 Å². The number of hydrogen-bond donors (Lipinski definition) is 0. The first kappa shape index (κ1) is 14.6. The van der Waals surface area contributed by atoms with Crippen molar-refractivity contribution >= 4 is 11.8 Å². The van der Waals surface area contributed by atoms with Crippen LogP contribution in [0.15, 0.2) is 48.8 Å². The summed E-state index contributed by atoms with van der Waals surface area (Å²) in [6.07, 6.45) is 4.88. The molecule has 1 aromatic carbocycles. The molecule has 2 nitrogen and oxygen atoms in total. The maximum atomic E-state index is 4.09. The predicted molar refractivity (Wildman–Crippen MR) is 90.8 cm³/mol. The third-order valence-corrected chi connectivity index (χ3v) is 5.16. The average Bonchev–Trinajstić information content (AvgIpc) is 2.55. The van der Waals surface area contributed by atoms with Crippen molar-refractivity contribution in [3.8, 4) is 0 Å². The van der Waals surface area contributed by atoms with Gasteiger partial charge in [-0.3, -0.25) is 9.88 Å². The maximum absolute atomic E-state index is 4.09. The molecule has 1 aliphatic rings. The highest BCUT2D eigenvalue weighted by Gasteiger charge is 2.23. The molecule has 3 heteroatoms. The van der Waals surface area contributed by atoms with Crippen LogP contribution in [0.5, 0.6) is 0 Å². The topological polar surface area (TPSA) is 16.1 Å². The largest absolute Gasteiger partial charge is 0.294 e. The third kappa shape index (κ3) is 3.86. The molecule has 1 saturated heterocycles. The summed E-state index contributed by atoms with van der Waals surface area (Å²) >= 11 is 2.08. The SMILES string of the molecule is Cc1ccc(C2CSCCN2CCc2ccncc2)cc1. The molecule has 0 radical (unpaired) electrons. The highest BCUT2D eigenvalue weighted by atomic mass is 32.2. The van der Waals surface area contributed by atoms with E-state index in [1.54, 1.807) is 0 Å². The number of rotatable bonds is 4. The second-order valence-corrected chi connectivity index (χ2v) is 6.79. The zero-order valence-corrected chi connectivity index (χ0v) is 13.4. The van der Waals surface area contributed by atoms with E-state index < -0.39 is 0 Å². The monoisotopic (exact) mass is 298 g/mol. The number of nitrogens with zero attached hydrogens (tertiary/aromatic N) is 2. The van der Waals surface area contributed by atoms with Crippen molar-refractivity contribution in [3.05, 3.63) is 65.5 Å². The molecule has 0 spiro atoms. The molecule has 1 fully saturated rings. The molecule has 1 unspecified atom stereocenters. The first-order valence-electron chi connectivity index (χ1n) is 7.60. The van der Waals surface area contributed by atoms with E-state index in [4.69, 9.17) is 0 Å². The normalized spacial score (nSPS) is 19.6. The first-order chi connectivity index (χ1) is 10.3. The standard InChI is InChI=1S/C18H22N2S/c1-15-2-4-17(5-3-15)18-14-21-13-12-20(18)11-8-16-6-9-19-10-7-16/h2-7,9-10,18H,8,11-14H2,1H3. The Morgan fingerprint density at radius 2 is 1.90 bits per heavy atom. The molecule has 0 saturated carbocycles. The molecule has 3 rings (SSSR count). The van der Waals surface area contributed by atoms with E-state index in [0.29, 0.717) is 6.04 Å². The average molecular weight is 298 g/mol. The van der Waals surface area contributed by atoms with Gasteiger partial charge in [0.2, 0.25) is 0 Å². The summed E-state index contributed by atoms with van der Waals surface area (Å²) in [6.45, 7) is 4.47. The fraction of sp³-hybridized carbons (Fsp3) is 0.389. The lowest BCUT2D eigenvalue weighted by molar-refractivity contribution is 0.224. The smallest absolute Gasteiger partial charge is 0.0439 e. The summed E-state index contributed by atoms with van der Waals surface area (Å²) in [5, 5.41) is 0. The molecule has 0 N–H and O–H groups in total. The number of thioether (sulfide) groups is 1. The highest BCUT2D eigenvalue weighted by molar-refractivity contribution is 7.99. The van der Waals surface area contributed by atoms with Crippen LogP contribution in [0.1, 0.15) is 22.7 Å². The Kier molecular flexibility index (Phi) is 4.94. The van der Waals surface area contributed by atoms with Crippen LogP contribution in [0, 0.1) is 6.92 Å². The summed E-state index contributed by atoms with van der Waals surface area (Å²) in [7, 11) is 0. The molecule has 1 atom stereocenters. The molecule has 0 amide bonds. The van der Waals surface area contributed by atoms with Crippen molar-refractivity contribution < 1.29 is 0 Å². The van der Waals surface area contributed by atoms with E-state index in [-0.39, 0.29) is 0 Å². The number of benzene rings is 1. The molecule has 2 aromatic rings. The van der Waals surface area contributed by atoms with E-state index in [1.165, 1.54) is 34.7 Å². The van der Waals surface area contributed by atoms with Crippen LogP contribution in [0.4, 0.5) is 0 Å². The summed E-state index contributed by atoms with van der Waals surface area (Å²) in [6, 6.07) is 13.9. The predicted octanol–water partition coefficient (Wildman–Crippen LogP) is 3.72. The quantitative estimate of drug-likeness (QED) is 0.856. The van der Waals surface area contributed by atoms with Gasteiger partial charge in [-0.1, -0.05) is 29.8 Å². The number of pyridine rings is 1. The molecule has 0 bridgehead atoms. The minimum absolute atomic E-state index is 0.561. The fourth-order valence-corrected chi connectivity index (χ4v) is 3.98. The van der Waals surface area contributed by atoms with Gasteiger partial charge < -0.3 is 0 Å². The first-order valence-corrected chi connectivity index (χ1v) is 8.75. The van der Waals surface area contributed by atoms with Crippen LogP contribution < -0.4 is 0 Å². The molecule has 1 aliphatic heterocycles. The molecule has 110 valence electrons. The van der Waals surface area contributed by atoms with Gasteiger partial charge in [-0.25, -0.2) is 0 Å². The van der Waals surface area contributed by atoms with Gasteiger partial charge in [0.25, 0.3) is 0 Å². The van der Waals surface area contributed by atoms with Gasteiger partial charge >= 0.3 is 0 Å². The van der Waals surface area contributed by atoms with Crippen molar-refractivity contribution in [2.45, 2.75) is 19.4 Å². The number of aryl methyl sites for hydroxylation is 1. The second-order valence-electron chi connectivity index (χ2n) is 5.64. The Morgan fingerprint density at radius 3 is 2.67 bits per heavy atom. The van der Waals surface area contributed by atoms with Crippen LogP contribution in [-0.2, 0) is 6.42 Å². The summed E-state index contributed by atoms with van der Waals surface area (Å²) in [4.78, 5) is 6.73. The number of hydrogen-bond acceptors (Lipinski definition) is 3. The minimum atomic E-state index is 0.561. The van der Waals surface area contributed by atoms with Crippen LogP contribution in [0.2, 0.25) is 0 Å². The zero-order valence-electron chi connectivity index (χ0n) is 12.5. The molecular weight excluding hydrogens is 276 g/mol. The Balaban J connectivity index is 1.68. The van der Waals surface area contributed by atoms with Gasteiger partial charge in [-0.15, -0.1) is 0 Å². The lowest BCUT2D eigenvalue weighted by atomic mass is 10.0. The molecular formula is C18H22N2S. The van der Waals surface area contributed by atoms with Gasteiger partial charge in [0, 0.05) is 43.0 Å². The summed E-state index contributed by atoms with van der Waals surface area (Å²) in [5.74, 6) is 2.46. The fourth-order valence-electron chi connectivity index (χ4n) is 2.82. The van der Waals surface area contributed by atoms with E-state index in [1.807, 2.05) is 12.4 Å². The van der Waals surface area contributed by atoms with Crippen molar-refractivity contribution in [2.24, 2.45) is 0 Å². The molecule has 2 heterocycles. The third-order valence-electron chi connectivity index (χ3n) is 4.14. The van der Waals surface area contributed by atoms with Crippen LogP contribution in [-0.4, -0.2) is 34.5 Å². The lowest BCUT2D eigenvalue weighted by Gasteiger charge is -2.35. The lowest BCUT2D eigenvalue weighted by Crippen LogP contribution is -2.37. The van der Waals surface area contributed by atoms with Crippen LogP contribution in [0.3, 0.4) is 0 Å². The van der Waals surface area contributed by atoms with Gasteiger partial charge in [0.15, 0.2) is 0 Å². The van der Waals surface area contributed by atoms with Crippen molar-refractivity contribution in [2.75, 3.05) is 24.6 Å². The van der Waals surface area contributed by atoms with Gasteiger partial charge in [-0.2, -0.15) is 11.8 Å². The van der Waals surface area contributed by atoms with E-state index >= 15 is 0 Å². The highest BCUT2D eigenvalue weighted by Crippen LogP contribution is 2.29. The Morgan fingerprint density at radius 1 is 1.14 bits per heavy atom. The Hall–Kier alpha value is -1.32. The maximum Gasteiger partial charge on any atom is 0.0439 e. The molecule has 21 heavy (non-hydrogen) atoms. The van der Waals surface area contributed by atoms with Crippen molar-refractivity contribution in [3.63, 3.8) is 0 Å². The van der Waals surface area contributed by atoms with Crippen molar-refractivity contribution in [1.82, 2.24) is 9.88 Å². The van der Waals surface area contributed by atoms with Crippen LogP contribution in [0.25, 0.3) is 0 Å². The Bertz CT molecular complexity index is 553. The number of aromatic nitrogens is 1. The van der Waals surface area contributed by atoms with E-state index in [2.05, 4.69) is 65.0 Å². The molecule has 0 aliphatic carbocycles. The van der Waals surface area contributed by atoms with E-state index in [0.717, 1.165) is 13.0 Å². The second kappa shape index (κ2) is 7.10. The zero-order chi connectivity index (χ0) is 14.5. The summed E-state index contributed by atoms with van der Waals surface area (Å²) in [5.41, 5.74) is 4.18. The van der Waals surface area contributed by atoms with Crippen molar-refractivity contribution in [1.29, 1.82) is 0 Å². The van der Waals surface area contributed by atoms with Gasteiger partial charge in [-0.05, 0) is 36.6 Å². The van der Waals surface area contributed by atoms with Gasteiger partial charge in [0.1, 0.15) is 0 Å². The molecule has 1 aromatic heterocycles.